The van der Waals surface area contributed by atoms with Crippen molar-refractivity contribution in [2.24, 2.45) is 0 Å². The first-order chi connectivity index (χ1) is 7.47. The second-order valence-corrected chi connectivity index (χ2v) is 3.99. The Bertz CT molecular complexity index is 400. The number of nitrogens with zero attached hydrogens (tertiary/aromatic N) is 3. The van der Waals surface area contributed by atoms with Gasteiger partial charge in [-0.1, -0.05) is 0 Å². The number of hydrogen-bond donors (Lipinski definition) is 1. The van der Waals surface area contributed by atoms with Gasteiger partial charge >= 0.3 is 0 Å². The Balaban J connectivity index is 3.05. The van der Waals surface area contributed by atoms with Crippen LogP contribution in [0.25, 0.3) is 0 Å². The maximum Gasteiger partial charge on any atom is 0.269 e. The van der Waals surface area contributed by atoms with E-state index in [1.54, 1.807) is 20.0 Å². The molecule has 0 aliphatic carbocycles. The van der Waals surface area contributed by atoms with Gasteiger partial charge in [-0.3, -0.25) is 4.79 Å². The van der Waals surface area contributed by atoms with Crippen LogP contribution in [0.2, 0.25) is 0 Å². The minimum absolute atomic E-state index is 0.189. The van der Waals surface area contributed by atoms with Crippen molar-refractivity contribution in [3.05, 3.63) is 22.6 Å². The Morgan fingerprint density at radius 3 is 2.62 bits per heavy atom. The molecule has 0 aliphatic rings. The van der Waals surface area contributed by atoms with E-state index in [-0.39, 0.29) is 11.6 Å². The number of hydrogen-bond acceptors (Lipinski definition) is 4. The van der Waals surface area contributed by atoms with E-state index in [9.17, 15) is 9.90 Å². The molecule has 1 aromatic heterocycles. The summed E-state index contributed by atoms with van der Waals surface area (Å²) in [7, 11) is 1.90. The molecule has 2 atom stereocenters. The van der Waals surface area contributed by atoms with Crippen molar-refractivity contribution >= 4 is 5.69 Å². The summed E-state index contributed by atoms with van der Waals surface area (Å²) in [5.41, 5.74) is 0.604. The molecule has 0 amide bonds. The third-order valence-electron chi connectivity index (χ3n) is 2.81. The summed E-state index contributed by atoms with van der Waals surface area (Å²) in [5, 5.41) is 13.5. The first-order valence-corrected chi connectivity index (χ1v) is 5.45. The number of aromatic nitrogens is 2. The summed E-state index contributed by atoms with van der Waals surface area (Å²) < 4.78 is 1.30. The smallest absolute Gasteiger partial charge is 0.269 e. The molecule has 0 radical (unpaired) electrons. The maximum absolute atomic E-state index is 11.8. The monoisotopic (exact) mass is 225 g/mol. The third kappa shape index (κ3) is 2.61. The SMILES string of the molecule is CCN(C)c1cnn(C(C)C(C)O)c(=O)c1. The fourth-order valence-corrected chi connectivity index (χ4v) is 1.31. The van der Waals surface area contributed by atoms with Gasteiger partial charge in [0.2, 0.25) is 0 Å². The molecule has 1 aromatic rings. The van der Waals surface area contributed by atoms with E-state index in [0.717, 1.165) is 12.2 Å². The van der Waals surface area contributed by atoms with Crippen LogP contribution in [0.1, 0.15) is 26.8 Å². The highest BCUT2D eigenvalue weighted by molar-refractivity contribution is 5.41. The first-order valence-electron chi connectivity index (χ1n) is 5.45. The highest BCUT2D eigenvalue weighted by Gasteiger charge is 2.14. The molecule has 16 heavy (non-hydrogen) atoms. The third-order valence-corrected chi connectivity index (χ3v) is 2.81. The van der Waals surface area contributed by atoms with E-state index in [4.69, 9.17) is 0 Å². The van der Waals surface area contributed by atoms with Crippen LogP contribution in [-0.2, 0) is 0 Å². The van der Waals surface area contributed by atoms with Gasteiger partial charge in [-0.15, -0.1) is 0 Å². The Kier molecular flexibility index (Phi) is 4.06. The largest absolute Gasteiger partial charge is 0.391 e. The molecule has 0 aromatic carbocycles. The minimum atomic E-state index is -0.597. The van der Waals surface area contributed by atoms with Crippen LogP contribution >= 0.6 is 0 Å². The van der Waals surface area contributed by atoms with Crippen molar-refractivity contribution in [2.45, 2.75) is 32.9 Å². The fourth-order valence-electron chi connectivity index (χ4n) is 1.31. The molecule has 0 aliphatic heterocycles. The van der Waals surface area contributed by atoms with Crippen molar-refractivity contribution in [2.75, 3.05) is 18.5 Å². The number of rotatable bonds is 4. The molecule has 5 nitrogen and oxygen atoms in total. The highest BCUT2D eigenvalue weighted by Crippen LogP contribution is 2.10. The lowest BCUT2D eigenvalue weighted by Gasteiger charge is -2.19. The molecule has 0 saturated heterocycles. The van der Waals surface area contributed by atoms with Gasteiger partial charge in [-0.2, -0.15) is 5.10 Å². The second-order valence-electron chi connectivity index (χ2n) is 3.99. The molecular weight excluding hydrogens is 206 g/mol. The van der Waals surface area contributed by atoms with E-state index < -0.39 is 6.10 Å². The van der Waals surface area contributed by atoms with Crippen LogP contribution in [0.4, 0.5) is 5.69 Å². The molecule has 1 heterocycles. The van der Waals surface area contributed by atoms with E-state index >= 15 is 0 Å². The molecule has 90 valence electrons. The lowest BCUT2D eigenvalue weighted by molar-refractivity contribution is 0.129. The number of aliphatic hydroxyl groups excluding tert-OH is 1. The molecule has 2 unspecified atom stereocenters. The standard InChI is InChI=1S/C11H19N3O2/c1-5-13(4)10-6-11(16)14(12-7-10)8(2)9(3)15/h6-9,15H,5H2,1-4H3. The first kappa shape index (κ1) is 12.7. The predicted molar refractivity (Wildman–Crippen MR) is 63.8 cm³/mol. The second kappa shape index (κ2) is 5.12. The van der Waals surface area contributed by atoms with E-state index in [2.05, 4.69) is 5.10 Å². The summed E-state index contributed by atoms with van der Waals surface area (Å²) >= 11 is 0. The quantitative estimate of drug-likeness (QED) is 0.817. The summed E-state index contributed by atoms with van der Waals surface area (Å²) in [6.45, 7) is 6.23. The lowest BCUT2D eigenvalue weighted by Crippen LogP contribution is -2.32. The van der Waals surface area contributed by atoms with Crippen LogP contribution < -0.4 is 10.5 Å². The average Bonchev–Trinajstić information content (AvgIpc) is 2.26. The van der Waals surface area contributed by atoms with Crippen molar-refractivity contribution in [1.29, 1.82) is 0 Å². The number of anilines is 1. The Hall–Kier alpha value is -1.36. The fraction of sp³-hybridized carbons (Fsp3) is 0.636. The van der Waals surface area contributed by atoms with Gasteiger partial charge in [0.25, 0.3) is 5.56 Å². The summed E-state index contributed by atoms with van der Waals surface area (Å²) in [4.78, 5) is 13.7. The maximum atomic E-state index is 11.8. The van der Waals surface area contributed by atoms with Gasteiger partial charge in [-0.05, 0) is 20.8 Å². The molecule has 0 spiro atoms. The van der Waals surface area contributed by atoms with Crippen molar-refractivity contribution in [1.82, 2.24) is 9.78 Å². The summed E-state index contributed by atoms with van der Waals surface area (Å²) in [6, 6.07) is 1.23. The molecule has 0 bridgehead atoms. The Labute approximate surface area is 95.3 Å². The minimum Gasteiger partial charge on any atom is -0.391 e. The molecule has 1 N–H and O–H groups in total. The van der Waals surface area contributed by atoms with Gasteiger partial charge in [0.1, 0.15) is 0 Å². The van der Waals surface area contributed by atoms with Crippen molar-refractivity contribution in [3.8, 4) is 0 Å². The summed E-state index contributed by atoms with van der Waals surface area (Å²) in [5.74, 6) is 0. The molecule has 0 saturated carbocycles. The highest BCUT2D eigenvalue weighted by atomic mass is 16.3. The zero-order valence-electron chi connectivity index (χ0n) is 10.2. The van der Waals surface area contributed by atoms with Gasteiger partial charge < -0.3 is 10.0 Å². The Morgan fingerprint density at radius 2 is 2.19 bits per heavy atom. The predicted octanol–water partition coefficient (Wildman–Crippen LogP) is 0.641. The average molecular weight is 225 g/mol. The van der Waals surface area contributed by atoms with Crippen LogP contribution in [0.15, 0.2) is 17.1 Å². The van der Waals surface area contributed by atoms with Crippen LogP contribution in [0.5, 0.6) is 0 Å². The topological polar surface area (TPSA) is 58.4 Å². The molecule has 0 fully saturated rings. The van der Waals surface area contributed by atoms with Gasteiger partial charge in [0.05, 0.1) is 24.0 Å². The Morgan fingerprint density at radius 1 is 1.56 bits per heavy atom. The summed E-state index contributed by atoms with van der Waals surface area (Å²) in [6.07, 6.45) is 1.05. The normalized spacial score (nSPS) is 14.6. The van der Waals surface area contributed by atoms with Crippen molar-refractivity contribution in [3.63, 3.8) is 0 Å². The van der Waals surface area contributed by atoms with Gasteiger partial charge in [-0.25, -0.2) is 4.68 Å². The van der Waals surface area contributed by atoms with E-state index in [0.29, 0.717) is 0 Å². The van der Waals surface area contributed by atoms with Crippen LogP contribution in [0, 0.1) is 0 Å². The van der Waals surface area contributed by atoms with Gasteiger partial charge in [0.15, 0.2) is 0 Å². The van der Waals surface area contributed by atoms with Crippen molar-refractivity contribution < 1.29 is 5.11 Å². The molecule has 5 heteroatoms. The zero-order valence-corrected chi connectivity index (χ0v) is 10.2. The van der Waals surface area contributed by atoms with Gasteiger partial charge in [0, 0.05) is 19.7 Å². The van der Waals surface area contributed by atoms with Crippen LogP contribution in [0.3, 0.4) is 0 Å². The van der Waals surface area contributed by atoms with Crippen LogP contribution in [-0.4, -0.2) is 34.6 Å². The van der Waals surface area contributed by atoms with E-state index in [1.165, 1.54) is 10.7 Å². The van der Waals surface area contributed by atoms with E-state index in [1.807, 2.05) is 18.9 Å². The molecule has 1 rings (SSSR count). The lowest BCUT2D eigenvalue weighted by atomic mass is 10.2. The molecular formula is C11H19N3O2. The zero-order chi connectivity index (χ0) is 12.3. The number of aliphatic hydroxyl groups is 1.